The second-order valence-corrected chi connectivity index (χ2v) is 5.76. The van der Waals surface area contributed by atoms with Gasteiger partial charge in [0.2, 0.25) is 5.28 Å². The second-order valence-electron chi connectivity index (χ2n) is 4.57. The van der Waals surface area contributed by atoms with Crippen LogP contribution in [0.4, 0.5) is 11.5 Å². The minimum absolute atomic E-state index is 0.0761. The lowest BCUT2D eigenvalue weighted by atomic mass is 10.1. The highest BCUT2D eigenvalue weighted by Crippen LogP contribution is 2.23. The Morgan fingerprint density at radius 1 is 1.43 bits per heavy atom. The van der Waals surface area contributed by atoms with E-state index in [2.05, 4.69) is 45.1 Å². The molecule has 2 aromatic rings. The van der Waals surface area contributed by atoms with Crippen molar-refractivity contribution in [3.8, 4) is 0 Å². The third-order valence-corrected chi connectivity index (χ3v) is 4.04. The largest absolute Gasteiger partial charge is 0.335 e. The molecule has 0 fully saturated rings. The van der Waals surface area contributed by atoms with E-state index in [4.69, 9.17) is 11.6 Å². The van der Waals surface area contributed by atoms with Gasteiger partial charge in [-0.1, -0.05) is 13.8 Å². The van der Waals surface area contributed by atoms with Gasteiger partial charge in [-0.2, -0.15) is 4.98 Å². The molecule has 0 atom stereocenters. The predicted octanol–water partition coefficient (Wildman–Crippen LogP) is 4.16. The molecule has 0 spiro atoms. The molecule has 0 saturated carbocycles. The van der Waals surface area contributed by atoms with E-state index in [1.54, 1.807) is 16.8 Å². The van der Waals surface area contributed by atoms with Crippen LogP contribution in [0.2, 0.25) is 5.28 Å². The van der Waals surface area contributed by atoms with E-state index in [1.165, 1.54) is 0 Å². The van der Waals surface area contributed by atoms with Crippen LogP contribution < -0.4 is 10.9 Å². The Balaban J connectivity index is 2.39. The Kier molecular flexibility index (Phi) is 5.36. The number of hydrogen-bond acceptors (Lipinski definition) is 4. The van der Waals surface area contributed by atoms with Crippen molar-refractivity contribution in [2.24, 2.45) is 0 Å². The highest BCUT2D eigenvalue weighted by Gasteiger charge is 2.12. The maximum absolute atomic E-state index is 12.5. The van der Waals surface area contributed by atoms with Crippen molar-refractivity contribution in [2.45, 2.75) is 32.7 Å². The van der Waals surface area contributed by atoms with Crippen molar-refractivity contribution >= 4 is 39.0 Å². The molecule has 0 aliphatic rings. The van der Waals surface area contributed by atoms with Crippen molar-refractivity contribution in [1.29, 1.82) is 0 Å². The summed E-state index contributed by atoms with van der Waals surface area (Å²) in [6.07, 6.45) is 5.17. The standard InChI is InChI=1S/C14H16BrClN4O/c1-3-9(4-2)20-7-5-6-11(13(20)21)18-12-10(15)8-17-14(16)19-12/h5-9H,3-4H2,1-2H3,(H,17,18,19). The van der Waals surface area contributed by atoms with E-state index < -0.39 is 0 Å². The summed E-state index contributed by atoms with van der Waals surface area (Å²) < 4.78 is 2.39. The van der Waals surface area contributed by atoms with Crippen LogP contribution in [0.1, 0.15) is 32.7 Å². The molecule has 2 aromatic heterocycles. The minimum Gasteiger partial charge on any atom is -0.335 e. The summed E-state index contributed by atoms with van der Waals surface area (Å²) in [6, 6.07) is 3.76. The van der Waals surface area contributed by atoms with E-state index in [9.17, 15) is 4.79 Å². The van der Waals surface area contributed by atoms with E-state index in [-0.39, 0.29) is 16.9 Å². The maximum Gasteiger partial charge on any atom is 0.274 e. The number of aromatic nitrogens is 3. The van der Waals surface area contributed by atoms with Crippen LogP contribution in [0.3, 0.4) is 0 Å². The van der Waals surface area contributed by atoms with E-state index >= 15 is 0 Å². The van der Waals surface area contributed by atoms with Gasteiger partial charge >= 0.3 is 0 Å². The van der Waals surface area contributed by atoms with E-state index in [0.29, 0.717) is 16.0 Å². The van der Waals surface area contributed by atoms with Crippen molar-refractivity contribution in [2.75, 3.05) is 5.32 Å². The lowest BCUT2D eigenvalue weighted by molar-refractivity contribution is 0.459. The molecule has 21 heavy (non-hydrogen) atoms. The Labute approximate surface area is 136 Å². The zero-order chi connectivity index (χ0) is 15.4. The van der Waals surface area contributed by atoms with Crippen LogP contribution in [-0.4, -0.2) is 14.5 Å². The number of nitrogens with one attached hydrogen (secondary N) is 1. The van der Waals surface area contributed by atoms with Crippen LogP contribution >= 0.6 is 27.5 Å². The molecule has 0 radical (unpaired) electrons. The lowest BCUT2D eigenvalue weighted by Gasteiger charge is -2.17. The molecule has 2 heterocycles. The summed E-state index contributed by atoms with van der Waals surface area (Å²) in [5.41, 5.74) is 0.382. The van der Waals surface area contributed by atoms with Crippen molar-refractivity contribution < 1.29 is 0 Å². The number of anilines is 2. The molecule has 0 aliphatic carbocycles. The first kappa shape index (κ1) is 16.0. The van der Waals surface area contributed by atoms with Gasteiger partial charge in [0.05, 0.1) is 4.47 Å². The monoisotopic (exact) mass is 370 g/mol. The molecule has 0 saturated heterocycles. The fraction of sp³-hybridized carbons (Fsp3) is 0.357. The summed E-state index contributed by atoms with van der Waals surface area (Å²) >= 11 is 9.12. The first-order valence-corrected chi connectivity index (χ1v) is 7.90. The summed E-state index contributed by atoms with van der Waals surface area (Å²) in [5, 5.41) is 3.13. The number of hydrogen-bond donors (Lipinski definition) is 1. The highest BCUT2D eigenvalue weighted by atomic mass is 79.9. The van der Waals surface area contributed by atoms with Crippen molar-refractivity contribution in [3.05, 3.63) is 44.6 Å². The lowest BCUT2D eigenvalue weighted by Crippen LogP contribution is -2.25. The molecule has 0 bridgehead atoms. The Morgan fingerprint density at radius 2 is 2.14 bits per heavy atom. The zero-order valence-corrected chi connectivity index (χ0v) is 14.1. The van der Waals surface area contributed by atoms with E-state index in [0.717, 1.165) is 12.8 Å². The van der Waals surface area contributed by atoms with Gasteiger partial charge in [-0.25, -0.2) is 4.98 Å². The fourth-order valence-corrected chi connectivity index (χ4v) is 2.56. The summed E-state index contributed by atoms with van der Waals surface area (Å²) in [6.45, 7) is 4.14. The van der Waals surface area contributed by atoms with Crippen molar-refractivity contribution in [3.63, 3.8) is 0 Å². The summed E-state index contributed by atoms with van der Waals surface area (Å²) in [7, 11) is 0. The van der Waals surface area contributed by atoms with Crippen LogP contribution in [0.15, 0.2) is 33.8 Å². The second kappa shape index (κ2) is 7.04. The average molecular weight is 372 g/mol. The minimum atomic E-state index is -0.0761. The molecule has 5 nitrogen and oxygen atoms in total. The van der Waals surface area contributed by atoms with Gasteiger partial charge in [-0.3, -0.25) is 4.79 Å². The number of pyridine rings is 1. The molecular weight excluding hydrogens is 356 g/mol. The highest BCUT2D eigenvalue weighted by molar-refractivity contribution is 9.10. The van der Waals surface area contributed by atoms with Crippen LogP contribution in [-0.2, 0) is 0 Å². The molecule has 0 aromatic carbocycles. The Bertz CT molecular complexity index is 685. The average Bonchev–Trinajstić information content (AvgIpc) is 2.47. The number of nitrogens with zero attached hydrogens (tertiary/aromatic N) is 3. The topological polar surface area (TPSA) is 59.8 Å². The molecule has 0 amide bonds. The Morgan fingerprint density at radius 3 is 2.81 bits per heavy atom. The molecule has 0 unspecified atom stereocenters. The Hall–Kier alpha value is -1.40. The smallest absolute Gasteiger partial charge is 0.274 e. The van der Waals surface area contributed by atoms with Gasteiger partial charge in [0.15, 0.2) is 0 Å². The molecule has 1 N–H and O–H groups in total. The van der Waals surface area contributed by atoms with Crippen molar-refractivity contribution in [1.82, 2.24) is 14.5 Å². The summed E-state index contributed by atoms with van der Waals surface area (Å²) in [4.78, 5) is 20.5. The van der Waals surface area contributed by atoms with Gasteiger partial charge in [-0.05, 0) is 52.5 Å². The quantitative estimate of drug-likeness (QED) is 0.802. The van der Waals surface area contributed by atoms with Gasteiger partial charge < -0.3 is 9.88 Å². The SMILES string of the molecule is CCC(CC)n1cccc(Nc2nc(Cl)ncc2Br)c1=O. The number of halogens is 2. The molecule has 0 aliphatic heterocycles. The van der Waals surface area contributed by atoms with E-state index in [1.807, 2.05) is 12.3 Å². The number of rotatable bonds is 5. The molecular formula is C14H16BrClN4O. The zero-order valence-electron chi connectivity index (χ0n) is 11.8. The maximum atomic E-state index is 12.5. The summed E-state index contributed by atoms with van der Waals surface area (Å²) in [5.74, 6) is 0.467. The van der Waals surface area contributed by atoms with Gasteiger partial charge in [0.1, 0.15) is 11.5 Å². The third-order valence-electron chi connectivity index (χ3n) is 3.28. The van der Waals surface area contributed by atoms with Gasteiger partial charge in [-0.15, -0.1) is 0 Å². The first-order valence-electron chi connectivity index (χ1n) is 6.73. The third kappa shape index (κ3) is 3.63. The van der Waals surface area contributed by atoms with Crippen LogP contribution in [0, 0.1) is 0 Å². The fourth-order valence-electron chi connectivity index (χ4n) is 2.14. The van der Waals surface area contributed by atoms with Gasteiger partial charge in [0.25, 0.3) is 5.56 Å². The first-order chi connectivity index (χ1) is 10.1. The molecule has 112 valence electrons. The van der Waals surface area contributed by atoms with Crippen LogP contribution in [0.5, 0.6) is 0 Å². The molecule has 2 rings (SSSR count). The molecule has 7 heteroatoms. The normalized spacial score (nSPS) is 10.9. The van der Waals surface area contributed by atoms with Crippen LogP contribution in [0.25, 0.3) is 0 Å². The predicted molar refractivity (Wildman–Crippen MR) is 88.3 cm³/mol. The van der Waals surface area contributed by atoms with Gasteiger partial charge in [0, 0.05) is 18.4 Å².